The fourth-order valence-electron chi connectivity index (χ4n) is 2.78. The zero-order valence-electron chi connectivity index (χ0n) is 15.6. The molecule has 5 nitrogen and oxygen atoms in total. The third-order valence-corrected chi connectivity index (χ3v) is 4.84. The van der Waals surface area contributed by atoms with Crippen LogP contribution in [0, 0.1) is 22.2 Å². The van der Waals surface area contributed by atoms with Gasteiger partial charge in [-0.05, 0) is 42.7 Å². The van der Waals surface area contributed by atoms with E-state index in [1.165, 1.54) is 19.7 Å². The Labute approximate surface area is 151 Å². The third kappa shape index (κ3) is 7.90. The number of aldehydes is 1. The second-order valence-electron chi connectivity index (χ2n) is 5.54. The van der Waals surface area contributed by atoms with Crippen LogP contribution in [-0.4, -0.2) is 18.4 Å². The van der Waals surface area contributed by atoms with Crippen LogP contribution >= 0.6 is 12.6 Å². The molecule has 3 unspecified atom stereocenters. The quantitative estimate of drug-likeness (QED) is 0.446. The number of hydrogen-bond acceptors (Lipinski definition) is 5. The predicted molar refractivity (Wildman–Crippen MR) is 101 cm³/mol. The van der Waals surface area contributed by atoms with Crippen LogP contribution in [0.25, 0.3) is 0 Å². The van der Waals surface area contributed by atoms with Crippen LogP contribution in [0.4, 0.5) is 0 Å². The van der Waals surface area contributed by atoms with Crippen LogP contribution in [0.2, 0.25) is 0 Å². The molecule has 0 aromatic carbocycles. The van der Waals surface area contributed by atoms with Crippen molar-refractivity contribution in [2.45, 2.75) is 53.9 Å². The Morgan fingerprint density at radius 1 is 1.46 bits per heavy atom. The lowest BCUT2D eigenvalue weighted by Crippen LogP contribution is -2.29. The van der Waals surface area contributed by atoms with E-state index in [-0.39, 0.29) is 16.4 Å². The Hall–Kier alpha value is -1.43. The number of nitroso groups, excluding NO2 is 1. The fourth-order valence-corrected chi connectivity index (χ4v) is 3.20. The Bertz CT molecular complexity index is 462. The number of hydrogen-bond donors (Lipinski definition) is 1. The highest BCUT2D eigenvalue weighted by Gasteiger charge is 2.45. The summed E-state index contributed by atoms with van der Waals surface area (Å²) < 4.78 is 4.61. The molecule has 138 valence electrons. The average molecular weight is 358 g/mol. The standard InChI is InChI=1S/C10H18OS.C5H4O2.C2H6.CH3NO/c1-4-10(3)7(2)5-6-8(10)9(11)12;6-4-5-2-1-3-7-5;1-2;1-2-3/h7-8H,4-6H2,1-3H3,(H,11,12);1-4H;1-2H3;1H3. The number of nitrogens with zero attached hydrogens (tertiary/aromatic N) is 1. The summed E-state index contributed by atoms with van der Waals surface area (Å²) in [6, 6.07) is 3.27. The first-order valence-corrected chi connectivity index (χ1v) is 8.74. The number of furan rings is 1. The zero-order chi connectivity index (χ0) is 19.2. The molecule has 0 spiro atoms. The van der Waals surface area contributed by atoms with Crippen molar-refractivity contribution < 1.29 is 14.0 Å². The maximum atomic E-state index is 11.2. The van der Waals surface area contributed by atoms with E-state index >= 15 is 0 Å². The normalized spacial score (nSPS) is 24.1. The average Bonchev–Trinajstić information content (AvgIpc) is 3.20. The number of rotatable bonds is 3. The molecular formula is C18H31NO4S. The van der Waals surface area contributed by atoms with E-state index in [0.29, 0.717) is 18.0 Å². The van der Waals surface area contributed by atoms with Gasteiger partial charge < -0.3 is 4.42 Å². The molecule has 1 fully saturated rings. The van der Waals surface area contributed by atoms with Crippen LogP contribution < -0.4 is 0 Å². The van der Waals surface area contributed by atoms with Gasteiger partial charge in [-0.15, -0.1) is 12.6 Å². The first kappa shape index (κ1) is 24.8. The van der Waals surface area contributed by atoms with Crippen LogP contribution in [0.5, 0.6) is 0 Å². The summed E-state index contributed by atoms with van der Waals surface area (Å²) >= 11 is 3.96. The molecule has 6 heteroatoms. The predicted octanol–water partition coefficient (Wildman–Crippen LogP) is 5.41. The van der Waals surface area contributed by atoms with Crippen LogP contribution in [0.3, 0.4) is 0 Å². The van der Waals surface area contributed by atoms with Gasteiger partial charge in [0.05, 0.1) is 13.3 Å². The monoisotopic (exact) mass is 357 g/mol. The maximum Gasteiger partial charge on any atom is 0.189 e. The van der Waals surface area contributed by atoms with Gasteiger partial charge in [0.15, 0.2) is 17.2 Å². The molecular weight excluding hydrogens is 326 g/mol. The highest BCUT2D eigenvalue weighted by Crippen LogP contribution is 2.50. The Balaban J connectivity index is 0. The summed E-state index contributed by atoms with van der Waals surface area (Å²) in [5.74, 6) is 1.24. The van der Waals surface area contributed by atoms with Gasteiger partial charge in [-0.3, -0.25) is 9.59 Å². The highest BCUT2D eigenvalue weighted by molar-refractivity contribution is 7.96. The number of carbonyl (C=O) groups is 2. The van der Waals surface area contributed by atoms with Gasteiger partial charge in [-0.1, -0.05) is 39.8 Å². The lowest BCUT2D eigenvalue weighted by Gasteiger charge is -2.32. The summed E-state index contributed by atoms with van der Waals surface area (Å²) in [5.41, 5.74) is 0.207. The Kier molecular flexibility index (Phi) is 14.4. The van der Waals surface area contributed by atoms with Crippen LogP contribution in [-0.2, 0) is 4.79 Å². The summed E-state index contributed by atoms with van der Waals surface area (Å²) in [4.78, 5) is 29.6. The molecule has 3 atom stereocenters. The van der Waals surface area contributed by atoms with Crippen LogP contribution in [0.1, 0.15) is 64.4 Å². The summed E-state index contributed by atoms with van der Waals surface area (Å²) in [7, 11) is 1.19. The van der Waals surface area contributed by atoms with E-state index in [4.69, 9.17) is 4.91 Å². The highest BCUT2D eigenvalue weighted by atomic mass is 32.1. The van der Waals surface area contributed by atoms with Crippen molar-refractivity contribution in [2.24, 2.45) is 22.4 Å². The molecule has 1 heterocycles. The largest absolute Gasteiger partial charge is 0.462 e. The molecule has 0 saturated heterocycles. The molecule has 1 aliphatic carbocycles. The van der Waals surface area contributed by atoms with E-state index in [9.17, 15) is 9.59 Å². The van der Waals surface area contributed by atoms with Gasteiger partial charge in [0.25, 0.3) is 0 Å². The van der Waals surface area contributed by atoms with E-state index in [2.05, 4.69) is 43.0 Å². The van der Waals surface area contributed by atoms with Gasteiger partial charge in [-0.2, -0.15) is 4.91 Å². The van der Waals surface area contributed by atoms with Crippen molar-refractivity contribution in [3.05, 3.63) is 29.1 Å². The lowest BCUT2D eigenvalue weighted by atomic mass is 9.73. The van der Waals surface area contributed by atoms with E-state index in [1.807, 2.05) is 13.8 Å². The van der Waals surface area contributed by atoms with Gasteiger partial charge in [0, 0.05) is 5.92 Å². The van der Waals surface area contributed by atoms with Crippen molar-refractivity contribution >= 4 is 24.0 Å². The maximum absolute atomic E-state index is 11.2. The Morgan fingerprint density at radius 2 is 2.00 bits per heavy atom. The topological polar surface area (TPSA) is 76.7 Å². The minimum absolute atomic E-state index is 0.0868. The summed E-state index contributed by atoms with van der Waals surface area (Å²) in [5, 5.41) is 2.34. The number of thiol groups is 1. The van der Waals surface area contributed by atoms with Crippen molar-refractivity contribution in [2.75, 3.05) is 7.05 Å². The Morgan fingerprint density at radius 3 is 2.25 bits per heavy atom. The van der Waals surface area contributed by atoms with E-state index in [0.717, 1.165) is 12.8 Å². The second-order valence-corrected chi connectivity index (χ2v) is 5.99. The van der Waals surface area contributed by atoms with Gasteiger partial charge in [0.1, 0.15) is 0 Å². The van der Waals surface area contributed by atoms with E-state index < -0.39 is 0 Å². The minimum atomic E-state index is 0.0868. The zero-order valence-corrected chi connectivity index (χ0v) is 16.5. The summed E-state index contributed by atoms with van der Waals surface area (Å²) in [6.45, 7) is 10.6. The fraction of sp³-hybridized carbons (Fsp3) is 0.667. The summed E-state index contributed by atoms with van der Waals surface area (Å²) in [6.07, 6.45) is 5.43. The first-order valence-electron chi connectivity index (χ1n) is 8.30. The first-order chi connectivity index (χ1) is 11.4. The van der Waals surface area contributed by atoms with Gasteiger partial charge in [0.2, 0.25) is 0 Å². The van der Waals surface area contributed by atoms with Crippen LogP contribution in [0.15, 0.2) is 28.0 Å². The molecule has 1 aromatic heterocycles. The molecule has 0 radical (unpaired) electrons. The van der Waals surface area contributed by atoms with Gasteiger partial charge >= 0.3 is 0 Å². The molecule has 1 aliphatic rings. The third-order valence-electron chi connectivity index (χ3n) is 4.53. The smallest absolute Gasteiger partial charge is 0.189 e. The van der Waals surface area contributed by atoms with Crippen molar-refractivity contribution in [3.8, 4) is 0 Å². The SMILES string of the molecule is CC.CCC1(C)C(C)CCC1C(=O)S.CN=O.O=Cc1ccco1. The van der Waals surface area contributed by atoms with Gasteiger partial charge in [-0.25, -0.2) is 0 Å². The molecule has 0 N–H and O–H groups in total. The molecule has 2 rings (SSSR count). The van der Waals surface area contributed by atoms with Crippen molar-refractivity contribution in [3.63, 3.8) is 0 Å². The number of carbonyl (C=O) groups excluding carboxylic acids is 2. The lowest BCUT2D eigenvalue weighted by molar-refractivity contribution is -0.117. The van der Waals surface area contributed by atoms with Crippen molar-refractivity contribution in [1.82, 2.24) is 0 Å². The molecule has 0 bridgehead atoms. The molecule has 1 saturated carbocycles. The van der Waals surface area contributed by atoms with E-state index in [1.54, 1.807) is 12.1 Å². The minimum Gasteiger partial charge on any atom is -0.462 e. The van der Waals surface area contributed by atoms with Crippen molar-refractivity contribution in [1.29, 1.82) is 0 Å². The molecule has 24 heavy (non-hydrogen) atoms. The molecule has 1 aromatic rings. The molecule has 0 aliphatic heterocycles. The second kappa shape index (κ2) is 14.0. The molecule has 0 amide bonds.